The van der Waals surface area contributed by atoms with E-state index < -0.39 is 5.60 Å². The molecular formula is C30H41ClN2O6. The smallest absolute Gasteiger partial charge is 0.263 e. The molecule has 8 nitrogen and oxygen atoms in total. The van der Waals surface area contributed by atoms with E-state index in [-0.39, 0.29) is 23.0 Å². The molecule has 0 atom stereocenters. The van der Waals surface area contributed by atoms with Crippen molar-refractivity contribution in [2.45, 2.75) is 53.1 Å². The molecule has 0 spiro atoms. The van der Waals surface area contributed by atoms with Gasteiger partial charge in [0.2, 0.25) is 5.91 Å². The van der Waals surface area contributed by atoms with Crippen LogP contribution in [0.15, 0.2) is 48.5 Å². The number of carbonyl (C=O) groups is 3. The van der Waals surface area contributed by atoms with Crippen LogP contribution in [-0.4, -0.2) is 62.7 Å². The van der Waals surface area contributed by atoms with E-state index in [1.165, 1.54) is 0 Å². The molecule has 0 aliphatic rings. The Labute approximate surface area is 236 Å². The lowest BCUT2D eigenvalue weighted by molar-refractivity contribution is -0.134. The van der Waals surface area contributed by atoms with Crippen LogP contribution in [0.4, 0.5) is 0 Å². The van der Waals surface area contributed by atoms with Gasteiger partial charge in [0.15, 0.2) is 11.4 Å². The Bertz CT molecular complexity index is 1070. The summed E-state index contributed by atoms with van der Waals surface area (Å²) in [7, 11) is 0. The van der Waals surface area contributed by atoms with Gasteiger partial charge >= 0.3 is 0 Å². The second kappa shape index (κ2) is 15.6. The largest absolute Gasteiger partial charge is 0.478 e. The summed E-state index contributed by atoms with van der Waals surface area (Å²) in [5.41, 5.74) is -0.447. The third kappa shape index (κ3) is 11.0. The highest BCUT2D eigenvalue weighted by Gasteiger charge is 2.29. The van der Waals surface area contributed by atoms with Crippen LogP contribution in [0, 0.1) is 5.41 Å². The van der Waals surface area contributed by atoms with Crippen molar-refractivity contribution in [3.05, 3.63) is 64.7 Å². The molecule has 0 unspecified atom stereocenters. The van der Waals surface area contributed by atoms with Gasteiger partial charge in [0.25, 0.3) is 5.91 Å². The van der Waals surface area contributed by atoms with Gasteiger partial charge < -0.3 is 24.8 Å². The Hall–Kier alpha value is -2.94. The second-order valence-corrected chi connectivity index (χ2v) is 10.8. The molecule has 2 amide bonds. The fourth-order valence-electron chi connectivity index (χ4n) is 3.77. The maximum absolute atomic E-state index is 12.6. The van der Waals surface area contributed by atoms with Crippen molar-refractivity contribution in [2.75, 3.05) is 39.5 Å². The number of nitrogens with one attached hydrogen (secondary N) is 2. The predicted molar refractivity (Wildman–Crippen MR) is 152 cm³/mol. The van der Waals surface area contributed by atoms with Crippen LogP contribution < -0.4 is 15.4 Å². The summed E-state index contributed by atoms with van der Waals surface area (Å²) >= 11 is 5.89. The summed E-state index contributed by atoms with van der Waals surface area (Å²) < 4.78 is 16.9. The van der Waals surface area contributed by atoms with E-state index in [4.69, 9.17) is 25.8 Å². The van der Waals surface area contributed by atoms with Crippen molar-refractivity contribution in [1.29, 1.82) is 0 Å². The third-order valence-corrected chi connectivity index (χ3v) is 6.32. The van der Waals surface area contributed by atoms with E-state index in [0.717, 1.165) is 12.8 Å². The van der Waals surface area contributed by atoms with Crippen molar-refractivity contribution in [1.82, 2.24) is 10.6 Å². The molecule has 2 rings (SSSR count). The lowest BCUT2D eigenvalue weighted by Gasteiger charge is -2.25. The Morgan fingerprint density at radius 2 is 1.23 bits per heavy atom. The monoisotopic (exact) mass is 560 g/mol. The highest BCUT2D eigenvalue weighted by atomic mass is 35.5. The number of carbonyl (C=O) groups excluding carboxylic acids is 3. The molecule has 0 aromatic heterocycles. The highest BCUT2D eigenvalue weighted by molar-refractivity contribution is 6.30. The van der Waals surface area contributed by atoms with Gasteiger partial charge in [0.05, 0.1) is 26.4 Å². The molecule has 2 aromatic carbocycles. The minimum absolute atomic E-state index is 0.0353. The number of ether oxygens (including phenoxy) is 3. The summed E-state index contributed by atoms with van der Waals surface area (Å²) in [6.07, 6.45) is 1.80. The van der Waals surface area contributed by atoms with E-state index >= 15 is 0 Å². The number of hydrogen-bond donors (Lipinski definition) is 2. The van der Waals surface area contributed by atoms with Gasteiger partial charge in [-0.05, 0) is 68.8 Å². The molecule has 0 saturated carbocycles. The first kappa shape index (κ1) is 32.3. The van der Waals surface area contributed by atoms with E-state index in [1.54, 1.807) is 62.4 Å². The second-order valence-electron chi connectivity index (χ2n) is 10.3. The van der Waals surface area contributed by atoms with Gasteiger partial charge in [0, 0.05) is 34.7 Å². The zero-order chi connectivity index (χ0) is 28.9. The first-order chi connectivity index (χ1) is 18.5. The highest BCUT2D eigenvalue weighted by Crippen LogP contribution is 2.22. The number of rotatable bonds is 17. The average molecular weight is 561 g/mol. The summed E-state index contributed by atoms with van der Waals surface area (Å²) in [5.74, 6) is 0.0960. The summed E-state index contributed by atoms with van der Waals surface area (Å²) in [6, 6.07) is 13.4. The molecular weight excluding hydrogens is 520 g/mol. The summed E-state index contributed by atoms with van der Waals surface area (Å²) in [5, 5.41) is 6.27. The fourth-order valence-corrected chi connectivity index (χ4v) is 3.90. The molecule has 2 N–H and O–H groups in total. The number of hydrogen-bond acceptors (Lipinski definition) is 6. The van der Waals surface area contributed by atoms with Gasteiger partial charge in [-0.2, -0.15) is 0 Å². The van der Waals surface area contributed by atoms with E-state index in [9.17, 15) is 14.4 Å². The Balaban J connectivity index is 1.62. The van der Waals surface area contributed by atoms with Crippen molar-refractivity contribution in [2.24, 2.45) is 5.41 Å². The van der Waals surface area contributed by atoms with Crippen LogP contribution in [0.3, 0.4) is 0 Å². The van der Waals surface area contributed by atoms with Crippen LogP contribution >= 0.6 is 11.6 Å². The molecule has 214 valence electrons. The predicted octanol–water partition coefficient (Wildman–Crippen LogP) is 4.82. The lowest BCUT2D eigenvalue weighted by Crippen LogP contribution is -2.47. The van der Waals surface area contributed by atoms with E-state index in [2.05, 4.69) is 17.6 Å². The quantitative estimate of drug-likeness (QED) is 0.212. The van der Waals surface area contributed by atoms with E-state index in [0.29, 0.717) is 61.4 Å². The van der Waals surface area contributed by atoms with Gasteiger partial charge in [-0.25, -0.2) is 0 Å². The topological polar surface area (TPSA) is 103 Å². The molecule has 0 aliphatic heterocycles. The lowest BCUT2D eigenvalue weighted by atomic mass is 9.87. The minimum atomic E-state index is -1.12. The van der Waals surface area contributed by atoms with Crippen molar-refractivity contribution >= 4 is 29.2 Å². The fraction of sp³-hybridized carbons (Fsp3) is 0.500. The SMILES string of the molecule is CCCC(C)(C)C(=O)NCCOCCOCCNC(=O)C(C)(C)Oc1ccc(C(=O)c2ccc(Cl)cc2)cc1. The molecule has 0 heterocycles. The zero-order valence-electron chi connectivity index (χ0n) is 23.6. The maximum Gasteiger partial charge on any atom is 0.263 e. The van der Waals surface area contributed by atoms with Gasteiger partial charge in [0.1, 0.15) is 5.75 Å². The zero-order valence-corrected chi connectivity index (χ0v) is 24.4. The molecule has 9 heteroatoms. The normalized spacial score (nSPS) is 11.6. The molecule has 0 fully saturated rings. The van der Waals surface area contributed by atoms with Crippen molar-refractivity contribution < 1.29 is 28.6 Å². The standard InChI is InChI=1S/C30H41ClN2O6/c1-6-15-29(2,3)27(35)32-16-18-37-20-21-38-19-17-33-28(36)30(4,5)39-25-13-9-23(10-14-25)26(34)22-7-11-24(31)12-8-22/h7-14H,6,15-21H2,1-5H3,(H,32,35)(H,33,36). The number of halogens is 1. The molecule has 39 heavy (non-hydrogen) atoms. The molecule has 0 bridgehead atoms. The van der Waals surface area contributed by atoms with Crippen LogP contribution in [0.2, 0.25) is 5.02 Å². The van der Waals surface area contributed by atoms with Crippen molar-refractivity contribution in [3.8, 4) is 5.75 Å². The third-order valence-electron chi connectivity index (χ3n) is 6.07. The molecule has 0 radical (unpaired) electrons. The molecule has 2 aromatic rings. The average Bonchev–Trinajstić information content (AvgIpc) is 2.89. The maximum atomic E-state index is 12.6. The molecule has 0 saturated heterocycles. The Kier molecular flexibility index (Phi) is 12.9. The summed E-state index contributed by atoms with van der Waals surface area (Å²) in [4.78, 5) is 37.4. The van der Waals surface area contributed by atoms with Crippen LogP contribution in [0.5, 0.6) is 5.75 Å². The van der Waals surface area contributed by atoms with Gasteiger partial charge in [-0.3, -0.25) is 14.4 Å². The number of amides is 2. The van der Waals surface area contributed by atoms with Crippen LogP contribution in [0.1, 0.15) is 63.4 Å². The minimum Gasteiger partial charge on any atom is -0.478 e. The summed E-state index contributed by atoms with van der Waals surface area (Å²) in [6.45, 7) is 11.6. The molecule has 0 aliphatic carbocycles. The Morgan fingerprint density at radius 3 is 1.74 bits per heavy atom. The first-order valence-corrected chi connectivity index (χ1v) is 13.7. The first-order valence-electron chi connectivity index (χ1n) is 13.3. The van der Waals surface area contributed by atoms with Crippen LogP contribution in [0.25, 0.3) is 0 Å². The van der Waals surface area contributed by atoms with Crippen molar-refractivity contribution in [3.63, 3.8) is 0 Å². The number of benzene rings is 2. The number of ketones is 1. The van der Waals surface area contributed by atoms with Crippen LogP contribution in [-0.2, 0) is 19.1 Å². The Morgan fingerprint density at radius 1 is 0.744 bits per heavy atom. The van der Waals surface area contributed by atoms with E-state index in [1.807, 2.05) is 13.8 Å². The van der Waals surface area contributed by atoms with Gasteiger partial charge in [-0.1, -0.05) is 38.8 Å². The van der Waals surface area contributed by atoms with Gasteiger partial charge in [-0.15, -0.1) is 0 Å².